The third-order valence-electron chi connectivity index (χ3n) is 6.13. The smallest absolute Gasteiger partial charge is 0.410 e. The maximum Gasteiger partial charge on any atom is 0.410 e. The van der Waals surface area contributed by atoms with E-state index in [1.807, 2.05) is 45.0 Å². The number of nitrogens with two attached hydrogens (primary N) is 1. The molecule has 11 nitrogen and oxygen atoms in total. The molecular weight excluding hydrogens is 452 g/mol. The normalized spacial score (nSPS) is 19.4. The fourth-order valence-electron chi connectivity index (χ4n) is 4.58. The Morgan fingerprint density at radius 3 is 2.60 bits per heavy atom. The van der Waals surface area contributed by atoms with Crippen molar-refractivity contribution in [3.63, 3.8) is 0 Å². The average molecular weight is 483 g/mol. The minimum atomic E-state index is -0.590. The lowest BCUT2D eigenvalue weighted by atomic mass is 10.1. The lowest BCUT2D eigenvalue weighted by Crippen LogP contribution is -2.43. The zero-order valence-electron chi connectivity index (χ0n) is 20.1. The number of H-pyrrole nitrogens is 1. The van der Waals surface area contributed by atoms with Gasteiger partial charge in [-0.15, -0.1) is 0 Å². The Hall–Kier alpha value is -3.44. The molecule has 2 aromatic heterocycles. The number of carbonyl (C=O) groups is 1. The van der Waals surface area contributed by atoms with Crippen LogP contribution >= 0.6 is 0 Å². The molecular formula is C24H30N6O5. The van der Waals surface area contributed by atoms with E-state index in [-0.39, 0.29) is 29.8 Å². The van der Waals surface area contributed by atoms with Crippen LogP contribution in [-0.4, -0.2) is 62.9 Å². The molecule has 0 aliphatic carbocycles. The molecule has 0 bridgehead atoms. The predicted molar refractivity (Wildman–Crippen MR) is 129 cm³/mol. The van der Waals surface area contributed by atoms with Crippen molar-refractivity contribution < 1.29 is 19.0 Å². The van der Waals surface area contributed by atoms with E-state index in [4.69, 9.17) is 25.0 Å². The summed E-state index contributed by atoms with van der Waals surface area (Å²) in [4.78, 5) is 27.3. The largest absolute Gasteiger partial charge is 0.444 e. The van der Waals surface area contributed by atoms with Crippen LogP contribution in [-0.2, 0) is 14.2 Å². The number of hydrogen-bond acceptors (Lipinski definition) is 8. The number of benzene rings is 1. The molecule has 35 heavy (non-hydrogen) atoms. The highest BCUT2D eigenvalue weighted by molar-refractivity contribution is 5.99. The molecule has 4 heterocycles. The third kappa shape index (κ3) is 4.61. The van der Waals surface area contributed by atoms with Gasteiger partial charge in [0.15, 0.2) is 12.1 Å². The minimum Gasteiger partial charge on any atom is -0.444 e. The van der Waals surface area contributed by atoms with E-state index < -0.39 is 5.60 Å². The predicted octanol–water partition coefficient (Wildman–Crippen LogP) is 2.99. The second-order valence-electron chi connectivity index (χ2n) is 9.87. The van der Waals surface area contributed by atoms with Crippen LogP contribution in [0.5, 0.6) is 0 Å². The van der Waals surface area contributed by atoms with E-state index in [9.17, 15) is 9.59 Å². The van der Waals surface area contributed by atoms with E-state index in [0.717, 1.165) is 24.0 Å². The van der Waals surface area contributed by atoms with Crippen molar-refractivity contribution in [3.05, 3.63) is 40.2 Å². The number of fused-ring (bicyclic) bond motifs is 1. The summed E-state index contributed by atoms with van der Waals surface area (Å²) < 4.78 is 18.4. The number of rotatable bonds is 3. The summed E-state index contributed by atoms with van der Waals surface area (Å²) in [5.74, 6) is 0.187. The van der Waals surface area contributed by atoms with Crippen LogP contribution in [0.1, 0.15) is 51.5 Å². The number of nitrogen functional groups attached to an aromatic ring is 1. The van der Waals surface area contributed by atoms with Crippen LogP contribution in [0.4, 0.5) is 10.6 Å². The lowest BCUT2D eigenvalue weighted by Gasteiger charge is -2.34. The molecule has 0 saturated carbocycles. The number of likely N-dealkylation sites (tertiary alicyclic amines) is 1. The lowest BCUT2D eigenvalue weighted by molar-refractivity contribution is -0.0441. The van der Waals surface area contributed by atoms with Crippen molar-refractivity contribution in [1.82, 2.24) is 24.9 Å². The van der Waals surface area contributed by atoms with Gasteiger partial charge in [-0.05, 0) is 33.6 Å². The van der Waals surface area contributed by atoms with Gasteiger partial charge in [-0.3, -0.25) is 9.48 Å². The molecule has 3 N–H and O–H groups in total. The summed E-state index contributed by atoms with van der Waals surface area (Å²) in [7, 11) is 0. The third-order valence-corrected chi connectivity index (χ3v) is 6.13. The number of anilines is 1. The second-order valence-corrected chi connectivity index (χ2v) is 9.87. The van der Waals surface area contributed by atoms with Crippen molar-refractivity contribution in [1.29, 1.82) is 0 Å². The molecule has 2 aliphatic rings. The Morgan fingerprint density at radius 2 is 1.91 bits per heavy atom. The summed E-state index contributed by atoms with van der Waals surface area (Å²) in [6, 6.07) is 7.42. The molecule has 1 aromatic carbocycles. The van der Waals surface area contributed by atoms with Crippen molar-refractivity contribution in [2.24, 2.45) is 0 Å². The SMILES string of the molecule is CC(C)(C)OC(=O)N1CCC[C@@H](n2nc(-c3ccc(C4OCCO4)cc3)c3c(N)n[nH]c(=O)c32)C1. The summed E-state index contributed by atoms with van der Waals surface area (Å²) in [5, 5.41) is 11.8. The summed E-state index contributed by atoms with van der Waals surface area (Å²) in [6.07, 6.45) is 0.761. The average Bonchev–Trinajstić information content (AvgIpc) is 3.50. The van der Waals surface area contributed by atoms with E-state index in [1.54, 1.807) is 9.58 Å². The molecule has 11 heteroatoms. The van der Waals surface area contributed by atoms with Gasteiger partial charge in [0.2, 0.25) is 0 Å². The van der Waals surface area contributed by atoms with E-state index >= 15 is 0 Å². The Balaban J connectivity index is 1.52. The zero-order chi connectivity index (χ0) is 24.7. The Kier molecular flexibility index (Phi) is 5.97. The topological polar surface area (TPSA) is 138 Å². The molecule has 2 aliphatic heterocycles. The van der Waals surface area contributed by atoms with Crippen LogP contribution in [0, 0.1) is 0 Å². The molecule has 5 rings (SSSR count). The zero-order valence-corrected chi connectivity index (χ0v) is 20.1. The Labute approximate surface area is 202 Å². The van der Waals surface area contributed by atoms with E-state index in [2.05, 4.69) is 10.2 Å². The molecule has 0 spiro atoms. The summed E-state index contributed by atoms with van der Waals surface area (Å²) in [6.45, 7) is 7.61. The minimum absolute atomic E-state index is 0.187. The number of amides is 1. The summed E-state index contributed by atoms with van der Waals surface area (Å²) >= 11 is 0. The van der Waals surface area contributed by atoms with Crippen LogP contribution in [0.15, 0.2) is 29.1 Å². The number of carbonyl (C=O) groups excluding carboxylic acids is 1. The van der Waals surface area contributed by atoms with Crippen molar-refractivity contribution in [2.75, 3.05) is 32.0 Å². The monoisotopic (exact) mass is 482 g/mol. The first-order valence-electron chi connectivity index (χ1n) is 11.8. The Morgan fingerprint density at radius 1 is 1.20 bits per heavy atom. The van der Waals surface area contributed by atoms with Gasteiger partial charge in [-0.1, -0.05) is 24.3 Å². The highest BCUT2D eigenvalue weighted by Crippen LogP contribution is 2.34. The fourth-order valence-corrected chi connectivity index (χ4v) is 4.58. The number of hydrogen-bond donors (Lipinski definition) is 2. The van der Waals surface area contributed by atoms with Crippen LogP contribution in [0.2, 0.25) is 0 Å². The molecule has 2 fully saturated rings. The van der Waals surface area contributed by atoms with Crippen molar-refractivity contribution in [2.45, 2.75) is 51.5 Å². The van der Waals surface area contributed by atoms with Gasteiger partial charge < -0.3 is 24.8 Å². The number of ether oxygens (including phenoxy) is 3. The second kappa shape index (κ2) is 8.97. The molecule has 186 valence electrons. The summed E-state index contributed by atoms with van der Waals surface area (Å²) in [5.41, 5.74) is 7.84. The molecule has 3 aromatic rings. The number of piperidine rings is 1. The van der Waals surface area contributed by atoms with Crippen LogP contribution < -0.4 is 11.3 Å². The van der Waals surface area contributed by atoms with Crippen molar-refractivity contribution >= 4 is 22.8 Å². The van der Waals surface area contributed by atoms with Gasteiger partial charge in [0.05, 0.1) is 24.6 Å². The van der Waals surface area contributed by atoms with Gasteiger partial charge >= 0.3 is 6.09 Å². The highest BCUT2D eigenvalue weighted by Gasteiger charge is 2.31. The fraction of sp³-hybridized carbons (Fsp3) is 0.500. The maximum absolute atomic E-state index is 12.9. The standard InChI is InChI=1S/C24H30N6O5/c1-24(2,3)35-23(32)29-10-4-5-16(13-29)30-19-17(20(25)26-27-21(19)31)18(28-30)14-6-8-15(9-7-14)22-33-11-12-34-22/h6-9,16,22H,4-5,10-13H2,1-3H3,(H2,25,26)(H,27,31)/t16-/m1/s1. The van der Waals surface area contributed by atoms with Gasteiger partial charge in [-0.25, -0.2) is 9.89 Å². The van der Waals surface area contributed by atoms with Crippen LogP contribution in [0.25, 0.3) is 22.2 Å². The number of aromatic nitrogens is 4. The first-order chi connectivity index (χ1) is 16.7. The molecule has 0 unspecified atom stereocenters. The van der Waals surface area contributed by atoms with Crippen molar-refractivity contribution in [3.8, 4) is 11.3 Å². The van der Waals surface area contributed by atoms with Gasteiger partial charge in [0.25, 0.3) is 5.56 Å². The number of aromatic amines is 1. The van der Waals surface area contributed by atoms with Gasteiger partial charge in [-0.2, -0.15) is 10.2 Å². The first kappa shape index (κ1) is 23.3. The van der Waals surface area contributed by atoms with Crippen LogP contribution in [0.3, 0.4) is 0 Å². The first-order valence-corrected chi connectivity index (χ1v) is 11.8. The van der Waals surface area contributed by atoms with E-state index in [0.29, 0.717) is 42.9 Å². The molecule has 0 radical (unpaired) electrons. The highest BCUT2D eigenvalue weighted by atomic mass is 16.7. The van der Waals surface area contributed by atoms with Gasteiger partial charge in [0.1, 0.15) is 16.8 Å². The van der Waals surface area contributed by atoms with Gasteiger partial charge in [0, 0.05) is 24.2 Å². The maximum atomic E-state index is 12.9. The quantitative estimate of drug-likeness (QED) is 0.581. The molecule has 1 amide bonds. The number of nitrogens with one attached hydrogen (secondary N) is 1. The molecule has 1 atom stereocenters. The van der Waals surface area contributed by atoms with E-state index in [1.165, 1.54) is 0 Å². The number of nitrogens with zero attached hydrogens (tertiary/aromatic N) is 4. The Bertz CT molecular complexity index is 1290. The molecule has 2 saturated heterocycles.